The minimum absolute atomic E-state index is 0.143. The van der Waals surface area contributed by atoms with Crippen molar-refractivity contribution in [2.75, 3.05) is 5.32 Å². The van der Waals surface area contributed by atoms with Gasteiger partial charge in [0.1, 0.15) is 5.82 Å². The lowest BCUT2D eigenvalue weighted by Crippen LogP contribution is -2.23. The molecule has 1 amide bonds. The van der Waals surface area contributed by atoms with Crippen LogP contribution in [0.3, 0.4) is 0 Å². The lowest BCUT2D eigenvalue weighted by Gasteiger charge is -2.14. The molecule has 0 aliphatic heterocycles. The molecular formula is C21H19N5OS. The molecule has 0 radical (unpaired) electrons. The molecule has 7 heteroatoms. The van der Waals surface area contributed by atoms with Gasteiger partial charge in [0.25, 0.3) is 0 Å². The number of thioether (sulfide) groups is 1. The van der Waals surface area contributed by atoms with Gasteiger partial charge in [-0.05, 0) is 50.1 Å². The Morgan fingerprint density at radius 2 is 2.00 bits per heavy atom. The van der Waals surface area contributed by atoms with Crippen LogP contribution in [0.5, 0.6) is 0 Å². The number of aromatic nitrogens is 3. The molecule has 1 fully saturated rings. The van der Waals surface area contributed by atoms with Crippen molar-refractivity contribution >= 4 is 23.4 Å². The summed E-state index contributed by atoms with van der Waals surface area (Å²) in [6.07, 6.45) is 2.25. The fourth-order valence-electron chi connectivity index (χ4n) is 2.91. The second-order valence-electron chi connectivity index (χ2n) is 6.73. The van der Waals surface area contributed by atoms with Gasteiger partial charge >= 0.3 is 0 Å². The van der Waals surface area contributed by atoms with Gasteiger partial charge in [0.2, 0.25) is 5.91 Å². The molecule has 0 saturated heterocycles. The molecule has 0 spiro atoms. The summed E-state index contributed by atoms with van der Waals surface area (Å²) in [4.78, 5) is 12.6. The van der Waals surface area contributed by atoms with Gasteiger partial charge in [-0.15, -0.1) is 10.2 Å². The molecule has 1 aliphatic rings. The van der Waals surface area contributed by atoms with Crippen LogP contribution in [0.2, 0.25) is 0 Å². The van der Waals surface area contributed by atoms with E-state index in [0.717, 1.165) is 24.4 Å². The number of anilines is 1. The number of hydrogen-bond acceptors (Lipinski definition) is 5. The molecule has 3 aromatic rings. The third-order valence-corrected chi connectivity index (χ3v) is 5.57. The summed E-state index contributed by atoms with van der Waals surface area (Å²) in [6, 6.07) is 19.0. The molecule has 1 atom stereocenters. The van der Waals surface area contributed by atoms with E-state index in [4.69, 9.17) is 5.26 Å². The van der Waals surface area contributed by atoms with Crippen molar-refractivity contribution in [3.05, 3.63) is 66.0 Å². The monoisotopic (exact) mass is 389 g/mol. The Labute approximate surface area is 167 Å². The van der Waals surface area contributed by atoms with Crippen LogP contribution in [0.1, 0.15) is 37.1 Å². The lowest BCUT2D eigenvalue weighted by atomic mass is 10.2. The fraction of sp³-hybridized carbons (Fsp3) is 0.238. The number of nitrogens with one attached hydrogen (secondary N) is 1. The highest BCUT2D eigenvalue weighted by molar-refractivity contribution is 8.00. The molecule has 2 aromatic carbocycles. The Morgan fingerprint density at radius 1 is 1.21 bits per heavy atom. The van der Waals surface area contributed by atoms with Crippen LogP contribution >= 0.6 is 11.8 Å². The van der Waals surface area contributed by atoms with Crippen LogP contribution in [0.4, 0.5) is 5.69 Å². The van der Waals surface area contributed by atoms with E-state index in [0.29, 0.717) is 22.3 Å². The predicted molar refractivity (Wildman–Crippen MR) is 108 cm³/mol. The highest BCUT2D eigenvalue weighted by Gasteiger charge is 2.31. The van der Waals surface area contributed by atoms with Crippen LogP contribution in [-0.2, 0) is 4.79 Å². The standard InChI is InChI=1S/C21H19N5OS/c1-14(20(27)23-17-7-5-6-15(12-17)13-22)28-21-25-24-19(16-10-11-16)26(21)18-8-3-2-4-9-18/h2-9,12,14,16H,10-11H2,1H3,(H,23,27)/t14-/m1/s1. The molecule has 1 saturated carbocycles. The maximum atomic E-state index is 12.6. The zero-order chi connectivity index (χ0) is 19.5. The third-order valence-electron chi connectivity index (χ3n) is 4.53. The van der Waals surface area contributed by atoms with Crippen molar-refractivity contribution < 1.29 is 4.79 Å². The first-order valence-corrected chi connectivity index (χ1v) is 10.0. The molecule has 1 N–H and O–H groups in total. The minimum Gasteiger partial charge on any atom is -0.325 e. The third kappa shape index (κ3) is 3.92. The Morgan fingerprint density at radius 3 is 2.71 bits per heavy atom. The molecule has 0 bridgehead atoms. The smallest absolute Gasteiger partial charge is 0.237 e. The van der Waals surface area contributed by atoms with Crippen molar-refractivity contribution in [1.82, 2.24) is 14.8 Å². The number of amides is 1. The number of nitriles is 1. The number of nitrogens with zero attached hydrogens (tertiary/aromatic N) is 4. The second kappa shape index (κ2) is 7.87. The summed E-state index contributed by atoms with van der Waals surface area (Å²) >= 11 is 1.38. The normalized spacial score (nSPS) is 14.3. The first-order valence-electron chi connectivity index (χ1n) is 9.14. The molecule has 1 aromatic heterocycles. The topological polar surface area (TPSA) is 83.6 Å². The number of carbonyl (C=O) groups is 1. The summed E-state index contributed by atoms with van der Waals surface area (Å²) in [5.41, 5.74) is 2.13. The number of rotatable bonds is 6. The Hall–Kier alpha value is -3.11. The number of para-hydroxylation sites is 1. The molecule has 6 nitrogen and oxygen atoms in total. The van der Waals surface area contributed by atoms with Crippen molar-refractivity contribution in [1.29, 1.82) is 5.26 Å². The van der Waals surface area contributed by atoms with E-state index in [1.165, 1.54) is 11.8 Å². The van der Waals surface area contributed by atoms with Crippen molar-refractivity contribution in [2.24, 2.45) is 0 Å². The van der Waals surface area contributed by atoms with E-state index in [1.807, 2.05) is 37.3 Å². The van der Waals surface area contributed by atoms with E-state index >= 15 is 0 Å². The van der Waals surface area contributed by atoms with Gasteiger partial charge < -0.3 is 5.32 Å². The first-order chi connectivity index (χ1) is 13.7. The molecule has 0 unspecified atom stereocenters. The first kappa shape index (κ1) is 18.3. The predicted octanol–water partition coefficient (Wildman–Crippen LogP) is 4.14. The van der Waals surface area contributed by atoms with Gasteiger partial charge in [-0.2, -0.15) is 5.26 Å². The Kier molecular flexibility index (Phi) is 5.13. The summed E-state index contributed by atoms with van der Waals surface area (Å²) in [5, 5.41) is 21.0. The molecular weight excluding hydrogens is 370 g/mol. The summed E-state index contributed by atoms with van der Waals surface area (Å²) in [6.45, 7) is 1.84. The van der Waals surface area contributed by atoms with Crippen LogP contribution in [0.15, 0.2) is 59.8 Å². The summed E-state index contributed by atoms with van der Waals surface area (Å²) in [5.74, 6) is 1.26. The van der Waals surface area contributed by atoms with Gasteiger partial charge in [0.15, 0.2) is 5.16 Å². The molecule has 4 rings (SSSR count). The number of carbonyl (C=O) groups excluding carboxylic acids is 1. The number of benzene rings is 2. The molecule has 140 valence electrons. The molecule has 1 aliphatic carbocycles. The molecule has 28 heavy (non-hydrogen) atoms. The van der Waals surface area contributed by atoms with Gasteiger partial charge in [0.05, 0.1) is 16.9 Å². The van der Waals surface area contributed by atoms with Crippen molar-refractivity contribution in [2.45, 2.75) is 36.1 Å². The SMILES string of the molecule is C[C@@H](Sc1nnc(C2CC2)n1-c1ccccc1)C(=O)Nc1cccc(C#N)c1. The van der Waals surface area contributed by atoms with Gasteiger partial charge in [-0.1, -0.05) is 36.0 Å². The average Bonchev–Trinajstić information content (AvgIpc) is 3.49. The van der Waals surface area contributed by atoms with Crippen LogP contribution < -0.4 is 5.32 Å². The van der Waals surface area contributed by atoms with Crippen molar-refractivity contribution in [3.63, 3.8) is 0 Å². The van der Waals surface area contributed by atoms with E-state index < -0.39 is 0 Å². The highest BCUT2D eigenvalue weighted by atomic mass is 32.2. The van der Waals surface area contributed by atoms with Crippen LogP contribution in [0.25, 0.3) is 5.69 Å². The lowest BCUT2D eigenvalue weighted by molar-refractivity contribution is -0.115. The average molecular weight is 389 g/mol. The van der Waals surface area contributed by atoms with E-state index in [1.54, 1.807) is 24.3 Å². The van der Waals surface area contributed by atoms with E-state index in [-0.39, 0.29) is 11.2 Å². The highest BCUT2D eigenvalue weighted by Crippen LogP contribution is 2.41. The quantitative estimate of drug-likeness (QED) is 0.641. The van der Waals surface area contributed by atoms with E-state index in [9.17, 15) is 4.79 Å². The Balaban J connectivity index is 1.54. The summed E-state index contributed by atoms with van der Waals surface area (Å²) < 4.78 is 2.06. The van der Waals surface area contributed by atoms with Crippen LogP contribution in [-0.4, -0.2) is 25.9 Å². The number of hydrogen-bond donors (Lipinski definition) is 1. The van der Waals surface area contributed by atoms with Crippen molar-refractivity contribution in [3.8, 4) is 11.8 Å². The maximum Gasteiger partial charge on any atom is 0.237 e. The summed E-state index contributed by atoms with van der Waals surface area (Å²) in [7, 11) is 0. The molecule has 1 heterocycles. The second-order valence-corrected chi connectivity index (χ2v) is 8.04. The zero-order valence-corrected chi connectivity index (χ0v) is 16.2. The van der Waals surface area contributed by atoms with Gasteiger partial charge in [-0.25, -0.2) is 0 Å². The van der Waals surface area contributed by atoms with Crippen LogP contribution in [0, 0.1) is 11.3 Å². The largest absolute Gasteiger partial charge is 0.325 e. The van der Waals surface area contributed by atoms with Gasteiger partial charge in [0, 0.05) is 17.3 Å². The minimum atomic E-state index is -0.371. The maximum absolute atomic E-state index is 12.6. The van der Waals surface area contributed by atoms with E-state index in [2.05, 4.69) is 26.2 Å². The fourth-order valence-corrected chi connectivity index (χ4v) is 3.78. The zero-order valence-electron chi connectivity index (χ0n) is 15.4. The van der Waals surface area contributed by atoms with Gasteiger partial charge in [-0.3, -0.25) is 9.36 Å². The Bertz CT molecular complexity index is 1040.